The Labute approximate surface area is 155 Å². The number of carbonyl (C=O) groups excluding carboxylic acids is 1. The zero-order valence-corrected chi connectivity index (χ0v) is 15.5. The van der Waals surface area contributed by atoms with E-state index in [2.05, 4.69) is 16.5 Å². The number of hydrogen-bond donors (Lipinski definition) is 0. The number of ether oxygens (including phenoxy) is 1. The van der Waals surface area contributed by atoms with Crippen LogP contribution in [0, 0.1) is 11.3 Å². The van der Waals surface area contributed by atoms with Gasteiger partial charge in [0, 0.05) is 12.1 Å². The van der Waals surface area contributed by atoms with E-state index in [0.29, 0.717) is 22.5 Å². The molecule has 0 atom stereocenters. The van der Waals surface area contributed by atoms with Crippen molar-refractivity contribution < 1.29 is 9.53 Å². The molecule has 2 aromatic carbocycles. The maximum Gasteiger partial charge on any atom is 0.279 e. The molecule has 0 saturated carbocycles. The van der Waals surface area contributed by atoms with Crippen LogP contribution in [-0.4, -0.2) is 17.1 Å². The van der Waals surface area contributed by atoms with E-state index >= 15 is 0 Å². The van der Waals surface area contributed by atoms with Crippen molar-refractivity contribution in [2.24, 2.45) is 4.99 Å². The molecular formula is C20H19N3O2S. The molecule has 1 heterocycles. The lowest BCUT2D eigenvalue weighted by Gasteiger charge is -2.05. The predicted octanol–water partition coefficient (Wildman–Crippen LogP) is 4.12. The van der Waals surface area contributed by atoms with Gasteiger partial charge in [0.05, 0.1) is 28.5 Å². The van der Waals surface area contributed by atoms with Gasteiger partial charge in [-0.3, -0.25) is 4.79 Å². The van der Waals surface area contributed by atoms with E-state index in [1.165, 1.54) is 11.3 Å². The summed E-state index contributed by atoms with van der Waals surface area (Å²) in [6.07, 6.45) is 0.942. The van der Waals surface area contributed by atoms with Gasteiger partial charge >= 0.3 is 0 Å². The molecule has 0 fully saturated rings. The molecule has 0 unspecified atom stereocenters. The second kappa shape index (κ2) is 7.98. The van der Waals surface area contributed by atoms with Crippen LogP contribution < -0.4 is 9.54 Å². The molecule has 3 rings (SSSR count). The maximum absolute atomic E-state index is 12.5. The van der Waals surface area contributed by atoms with E-state index in [1.54, 1.807) is 24.3 Å². The van der Waals surface area contributed by atoms with Crippen LogP contribution in [0.15, 0.2) is 47.5 Å². The molecule has 132 valence electrons. The number of benzene rings is 2. The normalized spacial score (nSPS) is 11.5. The topological polar surface area (TPSA) is 67.4 Å². The van der Waals surface area contributed by atoms with Crippen LogP contribution in [0.4, 0.5) is 0 Å². The van der Waals surface area contributed by atoms with Crippen molar-refractivity contribution in [1.29, 1.82) is 5.26 Å². The SMILES string of the molecule is CCCn1c(=NC(=O)c2ccc(C#N)cc2)sc2cc(OCC)ccc21. The van der Waals surface area contributed by atoms with Crippen LogP contribution in [0.3, 0.4) is 0 Å². The quantitative estimate of drug-likeness (QED) is 0.683. The third-order valence-electron chi connectivity index (χ3n) is 3.87. The van der Waals surface area contributed by atoms with Crippen molar-refractivity contribution in [2.45, 2.75) is 26.8 Å². The van der Waals surface area contributed by atoms with Gasteiger partial charge in [-0.1, -0.05) is 18.3 Å². The lowest BCUT2D eigenvalue weighted by molar-refractivity contribution is 0.0998. The smallest absolute Gasteiger partial charge is 0.279 e. The Morgan fingerprint density at radius 2 is 2.00 bits per heavy atom. The standard InChI is InChI=1S/C20H19N3O2S/c1-3-11-23-17-10-9-16(25-4-2)12-18(17)26-20(23)22-19(24)15-7-5-14(13-21)6-8-15/h5-10,12H,3-4,11H2,1-2H3. The average molecular weight is 365 g/mol. The average Bonchev–Trinajstić information content (AvgIpc) is 2.99. The molecule has 0 aliphatic rings. The van der Waals surface area contributed by atoms with E-state index in [1.807, 2.05) is 31.2 Å². The summed E-state index contributed by atoms with van der Waals surface area (Å²) in [6, 6.07) is 14.5. The highest BCUT2D eigenvalue weighted by Gasteiger charge is 2.10. The fraction of sp³-hybridized carbons (Fsp3) is 0.250. The van der Waals surface area contributed by atoms with Crippen molar-refractivity contribution in [1.82, 2.24) is 4.57 Å². The largest absolute Gasteiger partial charge is 0.494 e. The van der Waals surface area contributed by atoms with Crippen molar-refractivity contribution in [3.8, 4) is 11.8 Å². The van der Waals surface area contributed by atoms with Crippen molar-refractivity contribution in [3.05, 3.63) is 58.4 Å². The number of hydrogen-bond acceptors (Lipinski definition) is 4. The fourth-order valence-electron chi connectivity index (χ4n) is 2.67. The molecule has 5 nitrogen and oxygen atoms in total. The van der Waals surface area contributed by atoms with Gasteiger partial charge in [-0.25, -0.2) is 0 Å². The van der Waals surface area contributed by atoms with E-state index in [4.69, 9.17) is 10.00 Å². The lowest BCUT2D eigenvalue weighted by Crippen LogP contribution is -2.16. The maximum atomic E-state index is 12.5. The van der Waals surface area contributed by atoms with E-state index < -0.39 is 0 Å². The summed E-state index contributed by atoms with van der Waals surface area (Å²) < 4.78 is 8.67. The molecule has 26 heavy (non-hydrogen) atoms. The highest BCUT2D eigenvalue weighted by atomic mass is 32.1. The number of thiazole rings is 1. The molecule has 1 amide bonds. The summed E-state index contributed by atoms with van der Waals surface area (Å²) >= 11 is 1.48. The van der Waals surface area contributed by atoms with E-state index in [-0.39, 0.29) is 5.91 Å². The molecule has 1 aromatic heterocycles. The van der Waals surface area contributed by atoms with E-state index in [0.717, 1.165) is 28.9 Å². The monoisotopic (exact) mass is 365 g/mol. The number of aromatic nitrogens is 1. The van der Waals surface area contributed by atoms with E-state index in [9.17, 15) is 4.79 Å². The zero-order valence-electron chi connectivity index (χ0n) is 14.7. The van der Waals surface area contributed by atoms with Gasteiger partial charge in [-0.05, 0) is 55.8 Å². The number of aryl methyl sites for hydroxylation is 1. The minimum absolute atomic E-state index is 0.309. The van der Waals surface area contributed by atoms with Crippen LogP contribution in [0.1, 0.15) is 36.2 Å². The summed E-state index contributed by atoms with van der Waals surface area (Å²) in [5.74, 6) is 0.505. The molecule has 0 bridgehead atoms. The molecule has 0 radical (unpaired) electrons. The van der Waals surface area contributed by atoms with Crippen molar-refractivity contribution in [2.75, 3.05) is 6.61 Å². The number of rotatable bonds is 5. The van der Waals surface area contributed by atoms with Crippen LogP contribution in [0.5, 0.6) is 5.75 Å². The summed E-state index contributed by atoms with van der Waals surface area (Å²) in [4.78, 5) is 17.5. The molecule has 3 aromatic rings. The van der Waals surface area contributed by atoms with Crippen LogP contribution in [0.25, 0.3) is 10.2 Å². The van der Waals surface area contributed by atoms with Crippen LogP contribution in [-0.2, 0) is 6.54 Å². The Morgan fingerprint density at radius 1 is 1.23 bits per heavy atom. The first kappa shape index (κ1) is 17.9. The number of amides is 1. The van der Waals surface area contributed by atoms with Gasteiger partial charge in [0.1, 0.15) is 5.75 Å². The minimum atomic E-state index is -0.309. The van der Waals surface area contributed by atoms with Crippen molar-refractivity contribution in [3.63, 3.8) is 0 Å². The Hall–Kier alpha value is -2.91. The number of nitrogens with zero attached hydrogens (tertiary/aromatic N) is 3. The molecule has 0 aliphatic carbocycles. The highest BCUT2D eigenvalue weighted by molar-refractivity contribution is 7.16. The third-order valence-corrected chi connectivity index (χ3v) is 4.91. The van der Waals surface area contributed by atoms with Gasteiger partial charge in [0.2, 0.25) is 0 Å². The molecule has 0 saturated heterocycles. The minimum Gasteiger partial charge on any atom is -0.494 e. The van der Waals surface area contributed by atoms with Gasteiger partial charge in [-0.15, -0.1) is 0 Å². The Bertz CT molecular complexity index is 1040. The molecule has 0 spiro atoms. The Morgan fingerprint density at radius 3 is 2.65 bits per heavy atom. The second-order valence-corrected chi connectivity index (χ2v) is 6.71. The van der Waals surface area contributed by atoms with Gasteiger partial charge in [0.25, 0.3) is 5.91 Å². The Balaban J connectivity index is 2.06. The first-order valence-electron chi connectivity index (χ1n) is 8.51. The molecular weight excluding hydrogens is 346 g/mol. The van der Waals surface area contributed by atoms with Crippen LogP contribution >= 0.6 is 11.3 Å². The highest BCUT2D eigenvalue weighted by Crippen LogP contribution is 2.23. The first-order chi connectivity index (χ1) is 12.7. The first-order valence-corrected chi connectivity index (χ1v) is 9.33. The van der Waals surface area contributed by atoms with Gasteiger partial charge < -0.3 is 9.30 Å². The number of nitriles is 1. The van der Waals surface area contributed by atoms with Crippen LogP contribution in [0.2, 0.25) is 0 Å². The second-order valence-electron chi connectivity index (χ2n) is 5.70. The lowest BCUT2D eigenvalue weighted by atomic mass is 10.1. The predicted molar refractivity (Wildman–Crippen MR) is 102 cm³/mol. The van der Waals surface area contributed by atoms with Gasteiger partial charge in [0.15, 0.2) is 4.80 Å². The summed E-state index contributed by atoms with van der Waals surface area (Å²) in [6.45, 7) is 5.44. The summed E-state index contributed by atoms with van der Waals surface area (Å²) in [5.41, 5.74) is 2.04. The molecule has 0 N–H and O–H groups in total. The van der Waals surface area contributed by atoms with Crippen molar-refractivity contribution >= 4 is 27.5 Å². The third kappa shape index (κ3) is 3.68. The summed E-state index contributed by atoms with van der Waals surface area (Å²) in [5, 5.41) is 8.87. The molecule has 0 aliphatic heterocycles. The summed E-state index contributed by atoms with van der Waals surface area (Å²) in [7, 11) is 0. The number of fused-ring (bicyclic) bond motifs is 1. The van der Waals surface area contributed by atoms with Gasteiger partial charge in [-0.2, -0.15) is 10.3 Å². The Kier molecular flexibility index (Phi) is 5.49. The zero-order chi connectivity index (χ0) is 18.5. The molecule has 6 heteroatoms. The number of carbonyl (C=O) groups is 1. The fourth-order valence-corrected chi connectivity index (χ4v) is 3.76.